The van der Waals surface area contributed by atoms with Crippen molar-refractivity contribution in [3.05, 3.63) is 66.7 Å². The average Bonchev–Trinajstić information content (AvgIpc) is 2.42. The first-order valence-corrected chi connectivity index (χ1v) is 6.68. The van der Waals surface area contributed by atoms with Crippen molar-refractivity contribution in [1.82, 2.24) is 0 Å². The first-order valence-electron chi connectivity index (χ1n) is 5.86. The molecular formula is C16H14O2S. The minimum Gasteiger partial charge on any atom is -0.422 e. The summed E-state index contributed by atoms with van der Waals surface area (Å²) in [6.07, 6.45) is 0. The molecule has 0 aliphatic heterocycles. The molecular weight excluding hydrogens is 256 g/mol. The standard InChI is InChI=1S/C16H14O2S/c1-12(2)16(17)18-14-10-6-7-11-15(14)19-13-8-4-3-5-9-13/h3-11H,1H2,2H3. The van der Waals surface area contributed by atoms with Crippen LogP contribution in [0.1, 0.15) is 6.92 Å². The predicted octanol–water partition coefficient (Wildman–Crippen LogP) is 4.32. The van der Waals surface area contributed by atoms with Crippen molar-refractivity contribution in [3.8, 4) is 5.75 Å². The first kappa shape index (κ1) is 13.4. The van der Waals surface area contributed by atoms with Crippen molar-refractivity contribution in [1.29, 1.82) is 0 Å². The number of esters is 1. The Labute approximate surface area is 117 Å². The molecule has 0 spiro atoms. The van der Waals surface area contributed by atoms with Crippen LogP contribution >= 0.6 is 11.8 Å². The Morgan fingerprint density at radius 2 is 1.68 bits per heavy atom. The molecule has 0 aromatic heterocycles. The molecule has 2 aromatic carbocycles. The van der Waals surface area contributed by atoms with Gasteiger partial charge in [0.15, 0.2) is 0 Å². The van der Waals surface area contributed by atoms with Gasteiger partial charge in [-0.2, -0.15) is 0 Å². The molecule has 2 nitrogen and oxygen atoms in total. The summed E-state index contributed by atoms with van der Waals surface area (Å²) in [6.45, 7) is 5.22. The van der Waals surface area contributed by atoms with Gasteiger partial charge in [-0.25, -0.2) is 4.79 Å². The van der Waals surface area contributed by atoms with Gasteiger partial charge in [0.05, 0.1) is 4.90 Å². The quantitative estimate of drug-likeness (QED) is 0.470. The Bertz CT molecular complexity index is 591. The maximum atomic E-state index is 11.6. The van der Waals surface area contributed by atoms with E-state index in [0.29, 0.717) is 11.3 Å². The highest BCUT2D eigenvalue weighted by Crippen LogP contribution is 2.34. The monoisotopic (exact) mass is 270 g/mol. The van der Waals surface area contributed by atoms with Gasteiger partial charge in [0.25, 0.3) is 0 Å². The van der Waals surface area contributed by atoms with E-state index in [1.165, 1.54) is 0 Å². The second-order valence-electron chi connectivity index (χ2n) is 4.03. The van der Waals surface area contributed by atoms with Crippen molar-refractivity contribution in [2.24, 2.45) is 0 Å². The molecule has 96 valence electrons. The lowest BCUT2D eigenvalue weighted by atomic mass is 10.3. The number of hydrogen-bond acceptors (Lipinski definition) is 3. The summed E-state index contributed by atoms with van der Waals surface area (Å²) < 4.78 is 5.32. The van der Waals surface area contributed by atoms with E-state index in [9.17, 15) is 4.79 Å². The number of para-hydroxylation sites is 1. The number of hydrogen-bond donors (Lipinski definition) is 0. The molecule has 0 amide bonds. The number of benzene rings is 2. The van der Waals surface area contributed by atoms with Gasteiger partial charge in [-0.3, -0.25) is 0 Å². The van der Waals surface area contributed by atoms with Crippen LogP contribution in [-0.2, 0) is 4.79 Å². The minimum absolute atomic E-state index is 0.388. The molecule has 0 aliphatic rings. The fraction of sp³-hybridized carbons (Fsp3) is 0.0625. The lowest BCUT2D eigenvalue weighted by Crippen LogP contribution is -2.08. The van der Waals surface area contributed by atoms with Crippen LogP contribution in [0.3, 0.4) is 0 Å². The third kappa shape index (κ3) is 3.73. The molecule has 0 radical (unpaired) electrons. The van der Waals surface area contributed by atoms with Crippen LogP contribution in [0.4, 0.5) is 0 Å². The maximum absolute atomic E-state index is 11.6. The van der Waals surface area contributed by atoms with Crippen molar-refractivity contribution in [2.75, 3.05) is 0 Å². The number of rotatable bonds is 4. The lowest BCUT2D eigenvalue weighted by molar-refractivity contribution is -0.130. The number of carbonyl (C=O) groups is 1. The van der Waals surface area contributed by atoms with Gasteiger partial charge < -0.3 is 4.74 Å². The van der Waals surface area contributed by atoms with Crippen LogP contribution < -0.4 is 4.74 Å². The topological polar surface area (TPSA) is 26.3 Å². The summed E-state index contributed by atoms with van der Waals surface area (Å²) >= 11 is 1.56. The zero-order valence-electron chi connectivity index (χ0n) is 10.6. The molecule has 2 rings (SSSR count). The predicted molar refractivity (Wildman–Crippen MR) is 77.5 cm³/mol. The molecule has 0 heterocycles. The fourth-order valence-corrected chi connectivity index (χ4v) is 2.33. The van der Waals surface area contributed by atoms with Crippen molar-refractivity contribution in [3.63, 3.8) is 0 Å². The van der Waals surface area contributed by atoms with E-state index in [-0.39, 0.29) is 0 Å². The van der Waals surface area contributed by atoms with Crippen LogP contribution in [0.15, 0.2) is 76.5 Å². The summed E-state index contributed by atoms with van der Waals surface area (Å²) in [4.78, 5) is 13.6. The van der Waals surface area contributed by atoms with Gasteiger partial charge in [-0.1, -0.05) is 48.7 Å². The lowest BCUT2D eigenvalue weighted by Gasteiger charge is -2.09. The second kappa shape index (κ2) is 6.25. The van der Waals surface area contributed by atoms with Crippen molar-refractivity contribution < 1.29 is 9.53 Å². The van der Waals surface area contributed by atoms with Crippen LogP contribution in [0.25, 0.3) is 0 Å². The largest absolute Gasteiger partial charge is 0.422 e. The summed E-state index contributed by atoms with van der Waals surface area (Å²) in [5, 5.41) is 0. The van der Waals surface area contributed by atoms with Gasteiger partial charge >= 0.3 is 5.97 Å². The summed E-state index contributed by atoms with van der Waals surface area (Å²) in [5.74, 6) is 0.158. The Morgan fingerprint density at radius 3 is 2.37 bits per heavy atom. The smallest absolute Gasteiger partial charge is 0.338 e. The van der Waals surface area contributed by atoms with E-state index in [2.05, 4.69) is 6.58 Å². The highest BCUT2D eigenvalue weighted by molar-refractivity contribution is 7.99. The van der Waals surface area contributed by atoms with E-state index in [0.717, 1.165) is 9.79 Å². The van der Waals surface area contributed by atoms with Gasteiger partial charge in [0.1, 0.15) is 5.75 Å². The summed E-state index contributed by atoms with van der Waals surface area (Å²) in [5.41, 5.74) is 0.388. The molecule has 0 bridgehead atoms. The molecule has 2 aromatic rings. The van der Waals surface area contributed by atoms with E-state index in [1.54, 1.807) is 24.8 Å². The van der Waals surface area contributed by atoms with Crippen LogP contribution in [0.5, 0.6) is 5.75 Å². The molecule has 0 aliphatic carbocycles. The highest BCUT2D eigenvalue weighted by Gasteiger charge is 2.10. The molecule has 0 fully saturated rings. The van der Waals surface area contributed by atoms with Gasteiger partial charge in [-0.15, -0.1) is 0 Å². The average molecular weight is 270 g/mol. The summed E-state index contributed by atoms with van der Waals surface area (Å²) in [6, 6.07) is 17.4. The molecule has 0 atom stereocenters. The van der Waals surface area contributed by atoms with Gasteiger partial charge in [-0.05, 0) is 31.2 Å². The maximum Gasteiger partial charge on any atom is 0.338 e. The Kier molecular flexibility index (Phi) is 4.42. The SMILES string of the molecule is C=C(C)C(=O)Oc1ccccc1Sc1ccccc1. The highest BCUT2D eigenvalue weighted by atomic mass is 32.2. The number of carbonyl (C=O) groups excluding carboxylic acids is 1. The molecule has 3 heteroatoms. The molecule has 0 unspecified atom stereocenters. The van der Waals surface area contributed by atoms with E-state index < -0.39 is 5.97 Å². The van der Waals surface area contributed by atoms with Crippen molar-refractivity contribution >= 4 is 17.7 Å². The van der Waals surface area contributed by atoms with Crippen molar-refractivity contribution in [2.45, 2.75) is 16.7 Å². The van der Waals surface area contributed by atoms with Gasteiger partial charge in [0, 0.05) is 10.5 Å². The molecule has 0 saturated carbocycles. The van der Waals surface area contributed by atoms with Crippen LogP contribution in [0.2, 0.25) is 0 Å². The van der Waals surface area contributed by atoms with Crippen LogP contribution in [-0.4, -0.2) is 5.97 Å². The van der Waals surface area contributed by atoms with E-state index in [1.807, 2.05) is 48.5 Å². The molecule has 0 N–H and O–H groups in total. The normalized spacial score (nSPS) is 9.95. The molecule has 0 saturated heterocycles. The second-order valence-corrected chi connectivity index (χ2v) is 5.15. The number of ether oxygens (including phenoxy) is 1. The van der Waals surface area contributed by atoms with Crippen LogP contribution in [0, 0.1) is 0 Å². The van der Waals surface area contributed by atoms with E-state index in [4.69, 9.17) is 4.74 Å². The first-order chi connectivity index (χ1) is 9.16. The fourth-order valence-electron chi connectivity index (χ4n) is 1.42. The van der Waals surface area contributed by atoms with Gasteiger partial charge in [0.2, 0.25) is 0 Å². The third-order valence-corrected chi connectivity index (χ3v) is 3.44. The minimum atomic E-state index is -0.402. The van der Waals surface area contributed by atoms with E-state index >= 15 is 0 Å². The molecule has 19 heavy (non-hydrogen) atoms. The Balaban J connectivity index is 2.21. The zero-order valence-corrected chi connectivity index (χ0v) is 11.4. The Morgan fingerprint density at radius 1 is 1.05 bits per heavy atom. The third-order valence-electron chi connectivity index (χ3n) is 2.37. The summed E-state index contributed by atoms with van der Waals surface area (Å²) in [7, 11) is 0. The zero-order chi connectivity index (χ0) is 13.7. The Hall–Kier alpha value is -2.00.